The molecule has 1 aromatic rings. The molecule has 1 fully saturated rings. The second kappa shape index (κ2) is 4.06. The highest BCUT2D eigenvalue weighted by atomic mass is 16.5. The summed E-state index contributed by atoms with van der Waals surface area (Å²) in [6, 6.07) is 3.52. The van der Waals surface area contributed by atoms with Crippen molar-refractivity contribution >= 4 is 5.69 Å². The van der Waals surface area contributed by atoms with Gasteiger partial charge in [0.15, 0.2) is 0 Å². The first-order valence-electron chi connectivity index (χ1n) is 5.26. The number of nitrogens with two attached hydrogens (primary N) is 1. The van der Waals surface area contributed by atoms with Crippen molar-refractivity contribution < 1.29 is 4.74 Å². The highest BCUT2D eigenvalue weighted by Gasteiger charge is 2.17. The van der Waals surface area contributed by atoms with Gasteiger partial charge in [-0.2, -0.15) is 0 Å². The van der Waals surface area contributed by atoms with Gasteiger partial charge in [0.1, 0.15) is 0 Å². The molecule has 1 aliphatic rings. The van der Waals surface area contributed by atoms with Crippen LogP contribution in [0.25, 0.3) is 0 Å². The van der Waals surface area contributed by atoms with Crippen LogP contribution in [0.2, 0.25) is 0 Å². The smallest absolute Gasteiger partial charge is 0.273 e. The molecule has 0 aromatic carbocycles. The number of rotatable bonds is 2. The Morgan fingerprint density at radius 2 is 2.40 bits per heavy atom. The van der Waals surface area contributed by atoms with Crippen molar-refractivity contribution in [3.8, 4) is 0 Å². The molecule has 1 saturated heterocycles. The molecule has 0 aliphatic carbocycles. The lowest BCUT2D eigenvalue weighted by Crippen LogP contribution is -2.29. The van der Waals surface area contributed by atoms with E-state index in [2.05, 4.69) is 0 Å². The quantitative estimate of drug-likeness (QED) is 0.786. The van der Waals surface area contributed by atoms with Crippen molar-refractivity contribution in [1.29, 1.82) is 0 Å². The first-order valence-corrected chi connectivity index (χ1v) is 5.26. The molecule has 1 atom stereocenters. The van der Waals surface area contributed by atoms with Gasteiger partial charge >= 0.3 is 0 Å². The Kier molecular flexibility index (Phi) is 2.77. The highest BCUT2D eigenvalue weighted by Crippen LogP contribution is 2.14. The minimum atomic E-state index is -0.106. The van der Waals surface area contributed by atoms with Gasteiger partial charge in [-0.3, -0.25) is 4.79 Å². The first kappa shape index (κ1) is 10.2. The Balaban J connectivity index is 2.26. The summed E-state index contributed by atoms with van der Waals surface area (Å²) in [5, 5.41) is 0. The van der Waals surface area contributed by atoms with Crippen molar-refractivity contribution in [3.63, 3.8) is 0 Å². The molecule has 15 heavy (non-hydrogen) atoms. The molecule has 4 heteroatoms. The standard InChI is InChI=1S/C11H16N2O2/c1-8-4-5-10(12)11(14)13(8)7-9-3-2-6-15-9/h4-5,9H,2-3,6-7,12H2,1H3. The number of nitrogen functional groups attached to an aromatic ring is 1. The van der Waals surface area contributed by atoms with Gasteiger partial charge in [-0.15, -0.1) is 0 Å². The van der Waals surface area contributed by atoms with Crippen LogP contribution in [0.4, 0.5) is 5.69 Å². The summed E-state index contributed by atoms with van der Waals surface area (Å²) in [7, 11) is 0. The summed E-state index contributed by atoms with van der Waals surface area (Å²) < 4.78 is 7.21. The molecular weight excluding hydrogens is 192 g/mol. The van der Waals surface area contributed by atoms with Gasteiger partial charge in [0.05, 0.1) is 18.3 Å². The Morgan fingerprint density at radius 1 is 1.60 bits per heavy atom. The van der Waals surface area contributed by atoms with Crippen molar-refractivity contribution in [2.24, 2.45) is 0 Å². The van der Waals surface area contributed by atoms with Crippen LogP contribution >= 0.6 is 0 Å². The summed E-state index contributed by atoms with van der Waals surface area (Å²) in [5.41, 5.74) is 6.72. The molecule has 2 N–H and O–H groups in total. The topological polar surface area (TPSA) is 57.2 Å². The number of nitrogens with zero attached hydrogens (tertiary/aromatic N) is 1. The predicted molar refractivity (Wildman–Crippen MR) is 58.8 cm³/mol. The molecular formula is C11H16N2O2. The lowest BCUT2D eigenvalue weighted by Gasteiger charge is -2.14. The Hall–Kier alpha value is -1.29. The summed E-state index contributed by atoms with van der Waals surface area (Å²) in [5.74, 6) is 0. The average Bonchev–Trinajstić information content (AvgIpc) is 2.71. The third-order valence-corrected chi connectivity index (χ3v) is 2.83. The molecule has 0 amide bonds. The fourth-order valence-electron chi connectivity index (χ4n) is 1.91. The van der Waals surface area contributed by atoms with Gasteiger partial charge in [0.25, 0.3) is 5.56 Å². The van der Waals surface area contributed by atoms with E-state index in [0.717, 1.165) is 25.1 Å². The van der Waals surface area contributed by atoms with Gasteiger partial charge in [-0.05, 0) is 31.9 Å². The normalized spacial score (nSPS) is 20.7. The molecule has 1 aromatic heterocycles. The minimum Gasteiger partial charge on any atom is -0.394 e. The van der Waals surface area contributed by atoms with Gasteiger partial charge in [-0.25, -0.2) is 0 Å². The van der Waals surface area contributed by atoms with E-state index in [1.165, 1.54) is 0 Å². The van der Waals surface area contributed by atoms with Gasteiger partial charge in [-0.1, -0.05) is 0 Å². The maximum atomic E-state index is 11.8. The van der Waals surface area contributed by atoms with E-state index < -0.39 is 0 Å². The first-order chi connectivity index (χ1) is 7.18. The second-order valence-electron chi connectivity index (χ2n) is 3.98. The van der Waals surface area contributed by atoms with Crippen molar-refractivity contribution in [3.05, 3.63) is 28.2 Å². The molecule has 82 valence electrons. The van der Waals surface area contributed by atoms with Gasteiger partial charge in [0.2, 0.25) is 0 Å². The van der Waals surface area contributed by atoms with Crippen molar-refractivity contribution in [1.82, 2.24) is 4.57 Å². The van der Waals surface area contributed by atoms with Crippen LogP contribution in [0.3, 0.4) is 0 Å². The molecule has 1 unspecified atom stereocenters. The molecule has 0 saturated carbocycles. The molecule has 2 heterocycles. The molecule has 0 bridgehead atoms. The largest absolute Gasteiger partial charge is 0.394 e. The summed E-state index contributed by atoms with van der Waals surface area (Å²) in [6.45, 7) is 3.34. The van der Waals surface area contributed by atoms with Crippen LogP contribution in [-0.2, 0) is 11.3 Å². The zero-order chi connectivity index (χ0) is 10.8. The zero-order valence-electron chi connectivity index (χ0n) is 8.90. The van der Waals surface area contributed by atoms with E-state index in [1.807, 2.05) is 13.0 Å². The number of hydrogen-bond acceptors (Lipinski definition) is 3. The number of ether oxygens (including phenoxy) is 1. The number of aryl methyl sites for hydroxylation is 1. The maximum absolute atomic E-state index is 11.8. The molecule has 1 aliphatic heterocycles. The molecule has 4 nitrogen and oxygen atoms in total. The molecule has 0 radical (unpaired) electrons. The lowest BCUT2D eigenvalue weighted by atomic mass is 10.2. The predicted octanol–water partition coefficient (Wildman–Crippen LogP) is 0.918. The fraction of sp³-hybridized carbons (Fsp3) is 0.545. The van der Waals surface area contributed by atoms with Crippen molar-refractivity contribution in [2.45, 2.75) is 32.4 Å². The molecule has 0 spiro atoms. The minimum absolute atomic E-state index is 0.106. The van der Waals surface area contributed by atoms with E-state index in [-0.39, 0.29) is 11.7 Å². The maximum Gasteiger partial charge on any atom is 0.273 e. The number of aromatic nitrogens is 1. The Morgan fingerprint density at radius 3 is 3.07 bits per heavy atom. The van der Waals surface area contributed by atoms with E-state index in [0.29, 0.717) is 12.2 Å². The van der Waals surface area contributed by atoms with Crippen LogP contribution in [-0.4, -0.2) is 17.3 Å². The van der Waals surface area contributed by atoms with Crippen LogP contribution in [0, 0.1) is 6.92 Å². The second-order valence-corrected chi connectivity index (χ2v) is 3.98. The Labute approximate surface area is 88.7 Å². The highest BCUT2D eigenvalue weighted by molar-refractivity contribution is 5.35. The van der Waals surface area contributed by atoms with E-state index in [4.69, 9.17) is 10.5 Å². The van der Waals surface area contributed by atoms with Crippen molar-refractivity contribution in [2.75, 3.05) is 12.3 Å². The average molecular weight is 208 g/mol. The Bertz CT molecular complexity index is 406. The van der Waals surface area contributed by atoms with Crippen LogP contribution in [0.15, 0.2) is 16.9 Å². The number of anilines is 1. The van der Waals surface area contributed by atoms with E-state index in [9.17, 15) is 4.79 Å². The lowest BCUT2D eigenvalue weighted by molar-refractivity contribution is 0.0957. The van der Waals surface area contributed by atoms with Gasteiger partial charge < -0.3 is 15.0 Å². The fourth-order valence-corrected chi connectivity index (χ4v) is 1.91. The summed E-state index contributed by atoms with van der Waals surface area (Å²) >= 11 is 0. The summed E-state index contributed by atoms with van der Waals surface area (Å²) in [4.78, 5) is 11.8. The van der Waals surface area contributed by atoms with Gasteiger partial charge in [0, 0.05) is 12.3 Å². The van der Waals surface area contributed by atoms with Crippen LogP contribution < -0.4 is 11.3 Å². The zero-order valence-corrected chi connectivity index (χ0v) is 8.90. The van der Waals surface area contributed by atoms with E-state index >= 15 is 0 Å². The number of pyridine rings is 1. The summed E-state index contributed by atoms with van der Waals surface area (Å²) in [6.07, 6.45) is 2.28. The molecule has 2 rings (SSSR count). The number of hydrogen-bond donors (Lipinski definition) is 1. The van der Waals surface area contributed by atoms with Crippen LogP contribution in [0.5, 0.6) is 0 Å². The third-order valence-electron chi connectivity index (χ3n) is 2.83. The van der Waals surface area contributed by atoms with E-state index in [1.54, 1.807) is 10.6 Å². The SMILES string of the molecule is Cc1ccc(N)c(=O)n1CC1CCCO1. The third kappa shape index (κ3) is 2.04. The van der Waals surface area contributed by atoms with Crippen LogP contribution in [0.1, 0.15) is 18.5 Å². The monoisotopic (exact) mass is 208 g/mol.